The number of para-hydroxylation sites is 1. The second-order valence-corrected chi connectivity index (χ2v) is 8.04. The molecule has 2 atom stereocenters. The van der Waals surface area contributed by atoms with Gasteiger partial charge in [-0.2, -0.15) is 0 Å². The number of ether oxygens (including phenoxy) is 1. The topological polar surface area (TPSA) is 58.6 Å². The minimum atomic E-state index is -0.0580. The van der Waals surface area contributed by atoms with Crippen molar-refractivity contribution in [3.05, 3.63) is 65.7 Å². The lowest BCUT2D eigenvalue weighted by Crippen LogP contribution is -2.42. The highest BCUT2D eigenvalue weighted by Crippen LogP contribution is 2.22. The molecular formula is C24H30N2O3. The van der Waals surface area contributed by atoms with E-state index in [0.29, 0.717) is 37.0 Å². The van der Waals surface area contributed by atoms with Crippen LogP contribution in [0.2, 0.25) is 0 Å². The Bertz CT molecular complexity index is 795. The van der Waals surface area contributed by atoms with Crippen molar-refractivity contribution in [2.75, 3.05) is 19.7 Å². The molecule has 5 nitrogen and oxygen atoms in total. The number of rotatable bonds is 7. The van der Waals surface area contributed by atoms with Gasteiger partial charge in [-0.25, -0.2) is 0 Å². The average Bonchev–Trinajstić information content (AvgIpc) is 2.72. The fourth-order valence-electron chi connectivity index (χ4n) is 3.84. The predicted molar refractivity (Wildman–Crippen MR) is 114 cm³/mol. The van der Waals surface area contributed by atoms with Gasteiger partial charge in [0.15, 0.2) is 0 Å². The quantitative estimate of drug-likeness (QED) is 0.775. The number of likely N-dealkylation sites (tertiary alicyclic amines) is 1. The van der Waals surface area contributed by atoms with Gasteiger partial charge in [0.1, 0.15) is 5.75 Å². The van der Waals surface area contributed by atoms with Crippen molar-refractivity contribution in [3.63, 3.8) is 0 Å². The van der Waals surface area contributed by atoms with Gasteiger partial charge < -0.3 is 15.0 Å². The first-order chi connectivity index (χ1) is 14.0. The van der Waals surface area contributed by atoms with Gasteiger partial charge in [0.25, 0.3) is 5.91 Å². The molecule has 2 amide bonds. The summed E-state index contributed by atoms with van der Waals surface area (Å²) in [6, 6.07) is 17.0. The monoisotopic (exact) mass is 394 g/mol. The van der Waals surface area contributed by atoms with Crippen molar-refractivity contribution in [2.45, 2.75) is 33.2 Å². The lowest BCUT2D eigenvalue weighted by atomic mass is 9.91. The molecule has 0 aliphatic carbocycles. The molecule has 29 heavy (non-hydrogen) atoms. The number of nitrogens with one attached hydrogen (secondary N) is 1. The van der Waals surface area contributed by atoms with Gasteiger partial charge in [0, 0.05) is 25.2 Å². The van der Waals surface area contributed by atoms with Crippen LogP contribution in [0.25, 0.3) is 0 Å². The highest BCUT2D eigenvalue weighted by molar-refractivity contribution is 5.94. The zero-order valence-electron chi connectivity index (χ0n) is 17.3. The largest absolute Gasteiger partial charge is 0.493 e. The maximum absolute atomic E-state index is 12.7. The first-order valence-corrected chi connectivity index (χ1v) is 10.3. The Balaban J connectivity index is 1.43. The van der Waals surface area contributed by atoms with E-state index in [2.05, 4.69) is 19.2 Å². The van der Waals surface area contributed by atoms with Gasteiger partial charge in [0.2, 0.25) is 5.91 Å². The lowest BCUT2D eigenvalue weighted by molar-refractivity contribution is -0.121. The first-order valence-electron chi connectivity index (χ1n) is 10.3. The van der Waals surface area contributed by atoms with Crippen molar-refractivity contribution in [3.8, 4) is 5.75 Å². The third kappa shape index (κ3) is 6.34. The number of piperidine rings is 1. The summed E-state index contributed by atoms with van der Waals surface area (Å²) in [5.74, 6) is 1.89. The minimum Gasteiger partial charge on any atom is -0.493 e. The highest BCUT2D eigenvalue weighted by atomic mass is 16.5. The molecule has 2 unspecified atom stereocenters. The van der Waals surface area contributed by atoms with Crippen molar-refractivity contribution < 1.29 is 14.3 Å². The van der Waals surface area contributed by atoms with Crippen LogP contribution >= 0.6 is 0 Å². The Labute approximate surface area is 173 Å². The molecule has 2 aromatic rings. The van der Waals surface area contributed by atoms with E-state index in [9.17, 15) is 9.59 Å². The molecule has 0 bridgehead atoms. The van der Waals surface area contributed by atoms with Gasteiger partial charge in [-0.1, -0.05) is 44.2 Å². The van der Waals surface area contributed by atoms with E-state index in [4.69, 9.17) is 4.74 Å². The number of hydrogen-bond acceptors (Lipinski definition) is 3. The predicted octanol–water partition coefficient (Wildman–Crippen LogP) is 3.89. The number of carbonyl (C=O) groups is 2. The molecule has 1 saturated heterocycles. The standard InChI is InChI=1S/C24H30N2O3/c1-18-14-19(2)17-26(16-18)24(28)21-10-8-20(9-11-21)15-25-23(27)12-13-29-22-6-4-3-5-7-22/h3-11,18-19H,12-17H2,1-2H3,(H,25,27). The summed E-state index contributed by atoms with van der Waals surface area (Å²) in [6.45, 7) is 6.84. The van der Waals surface area contributed by atoms with E-state index in [1.165, 1.54) is 6.42 Å². The number of hydrogen-bond donors (Lipinski definition) is 1. The average molecular weight is 395 g/mol. The normalized spacial score (nSPS) is 18.9. The van der Waals surface area contributed by atoms with Crippen molar-refractivity contribution in [2.24, 2.45) is 11.8 Å². The van der Waals surface area contributed by atoms with Crippen LogP contribution in [0.15, 0.2) is 54.6 Å². The third-order valence-electron chi connectivity index (χ3n) is 5.19. The summed E-state index contributed by atoms with van der Waals surface area (Å²) in [6.07, 6.45) is 1.48. The van der Waals surface area contributed by atoms with Gasteiger partial charge in [-0.3, -0.25) is 9.59 Å². The van der Waals surface area contributed by atoms with Crippen molar-refractivity contribution in [1.82, 2.24) is 10.2 Å². The summed E-state index contributed by atoms with van der Waals surface area (Å²) in [5, 5.41) is 2.89. The van der Waals surface area contributed by atoms with Crippen LogP contribution < -0.4 is 10.1 Å². The molecule has 1 aliphatic rings. The Morgan fingerprint density at radius 2 is 1.66 bits per heavy atom. The summed E-state index contributed by atoms with van der Waals surface area (Å²) in [5.41, 5.74) is 1.68. The second-order valence-electron chi connectivity index (χ2n) is 8.04. The summed E-state index contributed by atoms with van der Waals surface area (Å²) < 4.78 is 5.54. The fraction of sp³-hybridized carbons (Fsp3) is 0.417. The van der Waals surface area contributed by atoms with Gasteiger partial charge in [0.05, 0.1) is 13.0 Å². The van der Waals surface area contributed by atoms with E-state index in [0.717, 1.165) is 24.4 Å². The fourth-order valence-corrected chi connectivity index (χ4v) is 3.84. The van der Waals surface area contributed by atoms with E-state index in [1.54, 1.807) is 0 Å². The summed E-state index contributed by atoms with van der Waals surface area (Å²) in [4.78, 5) is 26.7. The van der Waals surface area contributed by atoms with Crippen LogP contribution in [0.1, 0.15) is 42.6 Å². The van der Waals surface area contributed by atoms with Gasteiger partial charge >= 0.3 is 0 Å². The summed E-state index contributed by atoms with van der Waals surface area (Å²) in [7, 11) is 0. The Kier molecular flexibility index (Phi) is 7.28. The second kappa shape index (κ2) is 10.1. The number of benzene rings is 2. The Hall–Kier alpha value is -2.82. The lowest BCUT2D eigenvalue weighted by Gasteiger charge is -2.35. The molecular weight excluding hydrogens is 364 g/mol. The number of carbonyl (C=O) groups excluding carboxylic acids is 2. The molecule has 5 heteroatoms. The minimum absolute atomic E-state index is 0.0580. The molecule has 3 rings (SSSR count). The first kappa shape index (κ1) is 20.9. The third-order valence-corrected chi connectivity index (χ3v) is 5.19. The van der Waals surface area contributed by atoms with Crippen molar-refractivity contribution in [1.29, 1.82) is 0 Å². The van der Waals surface area contributed by atoms with Crippen molar-refractivity contribution >= 4 is 11.8 Å². The van der Waals surface area contributed by atoms with Gasteiger partial charge in [-0.05, 0) is 48.1 Å². The zero-order chi connectivity index (χ0) is 20.6. The number of nitrogens with zero attached hydrogens (tertiary/aromatic N) is 1. The molecule has 0 saturated carbocycles. The van der Waals surface area contributed by atoms with Crippen LogP contribution in [-0.4, -0.2) is 36.4 Å². The van der Waals surface area contributed by atoms with E-state index < -0.39 is 0 Å². The molecule has 0 spiro atoms. The van der Waals surface area contributed by atoms with E-state index in [-0.39, 0.29) is 11.8 Å². The van der Waals surface area contributed by atoms with Gasteiger partial charge in [-0.15, -0.1) is 0 Å². The molecule has 2 aromatic carbocycles. The van der Waals surface area contributed by atoms with E-state index in [1.807, 2.05) is 59.5 Å². The SMILES string of the molecule is CC1CC(C)CN(C(=O)c2ccc(CNC(=O)CCOc3ccccc3)cc2)C1. The van der Waals surface area contributed by atoms with E-state index >= 15 is 0 Å². The molecule has 1 aliphatic heterocycles. The highest BCUT2D eigenvalue weighted by Gasteiger charge is 2.25. The molecule has 1 heterocycles. The maximum atomic E-state index is 12.7. The van der Waals surface area contributed by atoms with Crippen LogP contribution in [0.5, 0.6) is 5.75 Å². The molecule has 1 N–H and O–H groups in total. The molecule has 0 aromatic heterocycles. The van der Waals surface area contributed by atoms with Crippen LogP contribution in [-0.2, 0) is 11.3 Å². The van der Waals surface area contributed by atoms with Crippen LogP contribution in [0.3, 0.4) is 0 Å². The summed E-state index contributed by atoms with van der Waals surface area (Å²) >= 11 is 0. The van der Waals surface area contributed by atoms with Crippen LogP contribution in [0, 0.1) is 11.8 Å². The Morgan fingerprint density at radius 3 is 2.31 bits per heavy atom. The van der Waals surface area contributed by atoms with Crippen LogP contribution in [0.4, 0.5) is 0 Å². The number of amides is 2. The smallest absolute Gasteiger partial charge is 0.253 e. The molecule has 0 radical (unpaired) electrons. The zero-order valence-corrected chi connectivity index (χ0v) is 17.3. The molecule has 154 valence electrons. The Morgan fingerprint density at radius 1 is 1.00 bits per heavy atom. The maximum Gasteiger partial charge on any atom is 0.253 e. The molecule has 1 fully saturated rings.